The maximum absolute atomic E-state index is 11.3. The lowest BCUT2D eigenvalue weighted by molar-refractivity contribution is -0.115. The third-order valence-corrected chi connectivity index (χ3v) is 1.85. The van der Waals surface area contributed by atoms with Crippen LogP contribution in [0.1, 0.15) is 0 Å². The Labute approximate surface area is 98.4 Å². The second-order valence-electron chi connectivity index (χ2n) is 2.92. The number of hydrogen-bond donors (Lipinski definition) is 2. The Balaban J connectivity index is 2.29. The van der Waals surface area contributed by atoms with Gasteiger partial charge in [0.1, 0.15) is 5.15 Å². The number of carbonyl (C=O) groups excluding carboxylic acids is 1. The van der Waals surface area contributed by atoms with E-state index in [9.17, 15) is 4.79 Å². The second-order valence-corrected chi connectivity index (χ2v) is 3.31. The molecule has 6 nitrogen and oxygen atoms in total. The molecule has 0 radical (unpaired) electrons. The van der Waals surface area contributed by atoms with Gasteiger partial charge in [0.05, 0.1) is 13.2 Å². The predicted molar refractivity (Wildman–Crippen MR) is 60.4 cm³/mol. The van der Waals surface area contributed by atoms with Crippen molar-refractivity contribution in [1.82, 2.24) is 15.3 Å². The summed E-state index contributed by atoms with van der Waals surface area (Å²) in [7, 11) is 1.60. The lowest BCUT2D eigenvalue weighted by atomic mass is 10.5. The van der Waals surface area contributed by atoms with Gasteiger partial charge in [-0.2, -0.15) is 0 Å². The number of carbonyl (C=O) groups is 1. The van der Waals surface area contributed by atoms with Gasteiger partial charge < -0.3 is 10.1 Å². The van der Waals surface area contributed by atoms with Gasteiger partial charge >= 0.3 is 0 Å². The molecule has 1 rings (SSSR count). The topological polar surface area (TPSA) is 76.1 Å². The molecule has 1 heterocycles. The van der Waals surface area contributed by atoms with Crippen LogP contribution in [0.4, 0.5) is 5.95 Å². The molecular formula is C9H13ClN4O2. The van der Waals surface area contributed by atoms with Crippen molar-refractivity contribution in [3.05, 3.63) is 17.4 Å². The number of anilines is 1. The molecule has 0 saturated heterocycles. The molecule has 0 fully saturated rings. The first-order valence-electron chi connectivity index (χ1n) is 4.70. The number of ether oxygens (including phenoxy) is 1. The van der Waals surface area contributed by atoms with E-state index >= 15 is 0 Å². The summed E-state index contributed by atoms with van der Waals surface area (Å²) in [6, 6.07) is 1.54. The van der Waals surface area contributed by atoms with Gasteiger partial charge in [0.15, 0.2) is 0 Å². The summed E-state index contributed by atoms with van der Waals surface area (Å²) < 4.78 is 4.82. The highest BCUT2D eigenvalue weighted by atomic mass is 35.5. The Morgan fingerprint density at radius 1 is 1.62 bits per heavy atom. The molecule has 2 N–H and O–H groups in total. The third-order valence-electron chi connectivity index (χ3n) is 1.64. The normalized spacial score (nSPS) is 10.1. The number of amides is 1. The van der Waals surface area contributed by atoms with E-state index in [1.54, 1.807) is 7.11 Å². The highest BCUT2D eigenvalue weighted by Crippen LogP contribution is 2.04. The molecular weight excluding hydrogens is 232 g/mol. The van der Waals surface area contributed by atoms with E-state index in [1.807, 2.05) is 0 Å². The molecule has 0 atom stereocenters. The minimum atomic E-state index is -0.224. The van der Waals surface area contributed by atoms with Crippen LogP contribution in [0.5, 0.6) is 0 Å². The van der Waals surface area contributed by atoms with Crippen molar-refractivity contribution in [3.63, 3.8) is 0 Å². The smallest absolute Gasteiger partial charge is 0.240 e. The van der Waals surface area contributed by atoms with Crippen molar-refractivity contribution in [2.45, 2.75) is 0 Å². The van der Waals surface area contributed by atoms with Gasteiger partial charge in [-0.3, -0.25) is 10.1 Å². The molecule has 0 unspecified atom stereocenters. The lowest BCUT2D eigenvalue weighted by Gasteiger charge is -2.04. The molecule has 0 spiro atoms. The second kappa shape index (κ2) is 7.10. The van der Waals surface area contributed by atoms with Crippen LogP contribution in [-0.2, 0) is 9.53 Å². The third kappa shape index (κ3) is 5.01. The van der Waals surface area contributed by atoms with Crippen LogP contribution in [0.25, 0.3) is 0 Å². The molecule has 0 saturated carbocycles. The highest BCUT2D eigenvalue weighted by Gasteiger charge is 2.03. The molecule has 1 aromatic rings. The number of aromatic nitrogens is 2. The monoisotopic (exact) mass is 244 g/mol. The maximum atomic E-state index is 11.3. The standard InChI is InChI=1S/C9H13ClN4O2/c1-16-5-4-11-6-8(15)14-9-12-3-2-7(10)13-9/h2-3,11H,4-6H2,1H3,(H,12,13,14,15). The van der Waals surface area contributed by atoms with E-state index in [4.69, 9.17) is 16.3 Å². The summed E-state index contributed by atoms with van der Waals surface area (Å²) in [5, 5.41) is 5.70. The zero-order valence-corrected chi connectivity index (χ0v) is 9.62. The van der Waals surface area contributed by atoms with Crippen LogP contribution in [0, 0.1) is 0 Å². The molecule has 0 aliphatic carbocycles. The van der Waals surface area contributed by atoms with E-state index in [1.165, 1.54) is 12.3 Å². The fourth-order valence-corrected chi connectivity index (χ4v) is 1.08. The van der Waals surface area contributed by atoms with Crippen LogP contribution in [0.15, 0.2) is 12.3 Å². The number of rotatable bonds is 6. The van der Waals surface area contributed by atoms with Crippen LogP contribution in [0.2, 0.25) is 5.15 Å². The SMILES string of the molecule is COCCNCC(=O)Nc1nccc(Cl)n1. The Morgan fingerprint density at radius 3 is 3.12 bits per heavy atom. The van der Waals surface area contributed by atoms with Gasteiger partial charge in [-0.05, 0) is 6.07 Å². The summed E-state index contributed by atoms with van der Waals surface area (Å²) in [6.45, 7) is 1.35. The van der Waals surface area contributed by atoms with E-state index in [0.717, 1.165) is 0 Å². The van der Waals surface area contributed by atoms with Gasteiger partial charge in [-0.1, -0.05) is 11.6 Å². The van der Waals surface area contributed by atoms with Crippen LogP contribution >= 0.6 is 11.6 Å². The first-order chi connectivity index (χ1) is 7.72. The molecule has 0 aliphatic rings. The Kier molecular flexibility index (Phi) is 5.69. The van der Waals surface area contributed by atoms with Crippen LogP contribution in [0.3, 0.4) is 0 Å². The number of nitrogens with zero attached hydrogens (tertiary/aromatic N) is 2. The van der Waals surface area contributed by atoms with Gasteiger partial charge in [-0.15, -0.1) is 0 Å². The zero-order chi connectivity index (χ0) is 11.8. The van der Waals surface area contributed by atoms with E-state index in [0.29, 0.717) is 13.2 Å². The van der Waals surface area contributed by atoms with Crippen molar-refractivity contribution >= 4 is 23.5 Å². The Bertz CT molecular complexity index is 348. The molecule has 0 aliphatic heterocycles. The summed E-state index contributed by atoms with van der Waals surface area (Å²) in [5.74, 6) is -0.0237. The zero-order valence-electron chi connectivity index (χ0n) is 8.86. The summed E-state index contributed by atoms with van der Waals surface area (Å²) in [6.07, 6.45) is 1.48. The molecule has 7 heteroatoms. The van der Waals surface area contributed by atoms with E-state index in [2.05, 4.69) is 20.6 Å². The van der Waals surface area contributed by atoms with Gasteiger partial charge in [-0.25, -0.2) is 9.97 Å². The molecule has 0 bridgehead atoms. The van der Waals surface area contributed by atoms with Gasteiger partial charge in [0, 0.05) is 19.9 Å². The van der Waals surface area contributed by atoms with Crippen molar-refractivity contribution in [3.8, 4) is 0 Å². The van der Waals surface area contributed by atoms with Crippen LogP contribution < -0.4 is 10.6 Å². The van der Waals surface area contributed by atoms with Gasteiger partial charge in [0.2, 0.25) is 11.9 Å². The molecule has 1 aromatic heterocycles. The highest BCUT2D eigenvalue weighted by molar-refractivity contribution is 6.29. The van der Waals surface area contributed by atoms with E-state index in [-0.39, 0.29) is 23.6 Å². The van der Waals surface area contributed by atoms with Gasteiger partial charge in [0.25, 0.3) is 0 Å². The first-order valence-corrected chi connectivity index (χ1v) is 5.08. The molecule has 88 valence electrons. The first kappa shape index (κ1) is 12.8. The number of methoxy groups -OCH3 is 1. The summed E-state index contributed by atoms with van der Waals surface area (Å²) >= 11 is 5.64. The largest absolute Gasteiger partial charge is 0.383 e. The quantitative estimate of drug-likeness (QED) is 0.556. The van der Waals surface area contributed by atoms with Crippen molar-refractivity contribution in [1.29, 1.82) is 0 Å². The summed E-state index contributed by atoms with van der Waals surface area (Å²) in [4.78, 5) is 19.0. The number of halogens is 1. The average molecular weight is 245 g/mol. The van der Waals surface area contributed by atoms with Crippen molar-refractivity contribution < 1.29 is 9.53 Å². The fourth-order valence-electron chi connectivity index (χ4n) is 0.942. The molecule has 1 amide bonds. The molecule has 16 heavy (non-hydrogen) atoms. The Morgan fingerprint density at radius 2 is 2.44 bits per heavy atom. The maximum Gasteiger partial charge on any atom is 0.240 e. The lowest BCUT2D eigenvalue weighted by Crippen LogP contribution is -2.30. The number of hydrogen-bond acceptors (Lipinski definition) is 5. The van der Waals surface area contributed by atoms with Crippen molar-refractivity contribution in [2.24, 2.45) is 0 Å². The number of nitrogens with one attached hydrogen (secondary N) is 2. The fraction of sp³-hybridized carbons (Fsp3) is 0.444. The predicted octanol–water partition coefficient (Wildman–Crippen LogP) is 0.305. The van der Waals surface area contributed by atoms with E-state index < -0.39 is 0 Å². The minimum absolute atomic E-state index is 0.180. The Hall–Kier alpha value is -1.24. The average Bonchev–Trinajstić information content (AvgIpc) is 2.24. The van der Waals surface area contributed by atoms with Crippen LogP contribution in [-0.4, -0.2) is 42.7 Å². The van der Waals surface area contributed by atoms with Crippen molar-refractivity contribution in [2.75, 3.05) is 32.1 Å². The minimum Gasteiger partial charge on any atom is -0.383 e. The summed E-state index contributed by atoms with van der Waals surface area (Å²) in [5.41, 5.74) is 0. The molecule has 0 aromatic carbocycles.